The Morgan fingerprint density at radius 1 is 1.17 bits per heavy atom. The molecule has 1 aliphatic heterocycles. The second-order valence-electron chi connectivity index (χ2n) is 7.08. The van der Waals surface area contributed by atoms with Gasteiger partial charge in [-0.15, -0.1) is 0 Å². The Morgan fingerprint density at radius 3 is 2.22 bits per heavy atom. The molecule has 7 heteroatoms. The predicted molar refractivity (Wildman–Crippen MR) is 89.4 cm³/mol. The Morgan fingerprint density at radius 2 is 1.74 bits per heavy atom. The Kier molecular flexibility index (Phi) is 4.73. The SMILES string of the molecule is CC(C)NC(=O)Nc1ccc(B2OC(C)(C)C(C)(C)O2)cc1F. The molecule has 126 valence electrons. The lowest BCUT2D eigenvalue weighted by molar-refractivity contribution is 0.00578. The molecule has 23 heavy (non-hydrogen) atoms. The van der Waals surface area contributed by atoms with Crippen molar-refractivity contribution < 1.29 is 18.5 Å². The zero-order chi connectivity index (χ0) is 17.4. The molecule has 2 N–H and O–H groups in total. The molecule has 1 saturated heterocycles. The maximum Gasteiger partial charge on any atom is 0.494 e. The number of rotatable bonds is 3. The van der Waals surface area contributed by atoms with Crippen LogP contribution in [0.25, 0.3) is 0 Å². The van der Waals surface area contributed by atoms with Crippen LogP contribution < -0.4 is 16.1 Å². The van der Waals surface area contributed by atoms with Gasteiger partial charge in [-0.05, 0) is 59.1 Å². The van der Waals surface area contributed by atoms with E-state index in [0.29, 0.717) is 5.46 Å². The molecule has 1 heterocycles. The third-order valence-electron chi connectivity index (χ3n) is 4.19. The van der Waals surface area contributed by atoms with Gasteiger partial charge >= 0.3 is 13.1 Å². The fourth-order valence-electron chi connectivity index (χ4n) is 2.18. The second-order valence-corrected chi connectivity index (χ2v) is 7.08. The molecule has 1 aliphatic rings. The van der Waals surface area contributed by atoms with Crippen molar-refractivity contribution in [2.75, 3.05) is 5.32 Å². The van der Waals surface area contributed by atoms with E-state index in [1.807, 2.05) is 41.5 Å². The number of urea groups is 1. The molecule has 0 spiro atoms. The van der Waals surface area contributed by atoms with Crippen molar-refractivity contribution in [2.45, 2.75) is 58.8 Å². The van der Waals surface area contributed by atoms with Gasteiger partial charge in [0.1, 0.15) is 5.82 Å². The summed E-state index contributed by atoms with van der Waals surface area (Å²) >= 11 is 0. The van der Waals surface area contributed by atoms with E-state index in [9.17, 15) is 9.18 Å². The van der Waals surface area contributed by atoms with E-state index < -0.39 is 30.2 Å². The quantitative estimate of drug-likeness (QED) is 0.841. The van der Waals surface area contributed by atoms with E-state index in [1.165, 1.54) is 12.1 Å². The third-order valence-corrected chi connectivity index (χ3v) is 4.19. The summed E-state index contributed by atoms with van der Waals surface area (Å²) in [4.78, 5) is 11.6. The summed E-state index contributed by atoms with van der Waals surface area (Å²) in [5, 5.41) is 5.13. The minimum atomic E-state index is -0.631. The molecule has 0 aromatic heterocycles. The Labute approximate surface area is 137 Å². The normalized spacial score (nSPS) is 19.0. The van der Waals surface area contributed by atoms with E-state index in [-0.39, 0.29) is 11.7 Å². The van der Waals surface area contributed by atoms with Gasteiger partial charge in [0.25, 0.3) is 0 Å². The smallest absolute Gasteiger partial charge is 0.399 e. The molecule has 1 aromatic rings. The monoisotopic (exact) mass is 322 g/mol. The molecule has 5 nitrogen and oxygen atoms in total. The van der Waals surface area contributed by atoms with E-state index in [0.717, 1.165) is 0 Å². The molecular weight excluding hydrogens is 298 g/mol. The summed E-state index contributed by atoms with van der Waals surface area (Å²) in [5.41, 5.74) is -0.274. The number of nitrogens with one attached hydrogen (secondary N) is 2. The maximum atomic E-state index is 14.2. The van der Waals surface area contributed by atoms with Gasteiger partial charge in [-0.1, -0.05) is 6.07 Å². The number of carbonyl (C=O) groups is 1. The predicted octanol–water partition coefficient (Wildman–Crippen LogP) is 2.65. The average Bonchev–Trinajstić information content (AvgIpc) is 2.60. The zero-order valence-electron chi connectivity index (χ0n) is 14.5. The number of hydrogen-bond donors (Lipinski definition) is 2. The van der Waals surface area contributed by atoms with Crippen LogP contribution in [0, 0.1) is 5.82 Å². The van der Waals surface area contributed by atoms with Crippen LogP contribution in [0.2, 0.25) is 0 Å². The minimum absolute atomic E-state index is 0.0258. The summed E-state index contributed by atoms with van der Waals surface area (Å²) in [6.45, 7) is 11.4. The average molecular weight is 322 g/mol. The molecule has 2 amide bonds. The highest BCUT2D eigenvalue weighted by molar-refractivity contribution is 6.62. The highest BCUT2D eigenvalue weighted by atomic mass is 19.1. The van der Waals surface area contributed by atoms with Crippen molar-refractivity contribution in [1.82, 2.24) is 5.32 Å². The van der Waals surface area contributed by atoms with Gasteiger partial charge < -0.3 is 19.9 Å². The lowest BCUT2D eigenvalue weighted by Gasteiger charge is -2.32. The zero-order valence-corrected chi connectivity index (χ0v) is 14.5. The van der Waals surface area contributed by atoms with Crippen LogP contribution in [-0.2, 0) is 9.31 Å². The highest BCUT2D eigenvalue weighted by Gasteiger charge is 2.51. The van der Waals surface area contributed by atoms with Gasteiger partial charge in [-0.25, -0.2) is 9.18 Å². The summed E-state index contributed by atoms with van der Waals surface area (Å²) in [6, 6.07) is 4.06. The second kappa shape index (κ2) is 6.13. The standard InChI is InChI=1S/C16H24BFN2O3/c1-10(2)19-14(21)20-13-8-7-11(9-12(13)18)17-22-15(3,4)16(5,6)23-17/h7-10H,1-6H3,(H2,19,20,21). The number of anilines is 1. The first-order valence-electron chi connectivity index (χ1n) is 7.74. The third kappa shape index (κ3) is 3.84. The summed E-state index contributed by atoms with van der Waals surface area (Å²) in [7, 11) is -0.631. The van der Waals surface area contributed by atoms with Crippen LogP contribution >= 0.6 is 0 Å². The molecule has 0 atom stereocenters. The fourth-order valence-corrected chi connectivity index (χ4v) is 2.18. The van der Waals surface area contributed by atoms with Crippen LogP contribution in [0.4, 0.5) is 14.9 Å². The van der Waals surface area contributed by atoms with E-state index in [1.54, 1.807) is 6.07 Å². The van der Waals surface area contributed by atoms with Gasteiger partial charge in [0.15, 0.2) is 0 Å². The van der Waals surface area contributed by atoms with Crippen molar-refractivity contribution in [2.24, 2.45) is 0 Å². The van der Waals surface area contributed by atoms with Crippen LogP contribution in [0.3, 0.4) is 0 Å². The van der Waals surface area contributed by atoms with Crippen LogP contribution in [0.15, 0.2) is 18.2 Å². The minimum Gasteiger partial charge on any atom is -0.399 e. The van der Waals surface area contributed by atoms with Gasteiger partial charge in [0, 0.05) is 6.04 Å². The molecule has 0 bridgehead atoms. The van der Waals surface area contributed by atoms with Crippen molar-refractivity contribution in [3.63, 3.8) is 0 Å². The number of benzene rings is 1. The first-order valence-corrected chi connectivity index (χ1v) is 7.74. The van der Waals surface area contributed by atoms with Gasteiger partial charge in [-0.2, -0.15) is 0 Å². The molecule has 1 fully saturated rings. The van der Waals surface area contributed by atoms with Crippen molar-refractivity contribution in [3.8, 4) is 0 Å². The molecular formula is C16H24BFN2O3. The van der Waals surface area contributed by atoms with Crippen molar-refractivity contribution in [1.29, 1.82) is 0 Å². The molecule has 0 aliphatic carbocycles. The summed E-state index contributed by atoms with van der Waals surface area (Å²) < 4.78 is 26.0. The van der Waals surface area contributed by atoms with Gasteiger partial charge in [0.05, 0.1) is 16.9 Å². The maximum absolute atomic E-state index is 14.2. The summed E-state index contributed by atoms with van der Waals surface area (Å²) in [5.74, 6) is -0.531. The number of amides is 2. The van der Waals surface area contributed by atoms with Crippen LogP contribution in [0.5, 0.6) is 0 Å². The highest BCUT2D eigenvalue weighted by Crippen LogP contribution is 2.36. The van der Waals surface area contributed by atoms with E-state index in [2.05, 4.69) is 10.6 Å². The lowest BCUT2D eigenvalue weighted by Crippen LogP contribution is -2.41. The molecule has 2 rings (SSSR count). The number of carbonyl (C=O) groups excluding carboxylic acids is 1. The Hall–Kier alpha value is -1.60. The van der Waals surface area contributed by atoms with Crippen molar-refractivity contribution in [3.05, 3.63) is 24.0 Å². The van der Waals surface area contributed by atoms with Crippen LogP contribution in [-0.4, -0.2) is 30.4 Å². The number of hydrogen-bond acceptors (Lipinski definition) is 3. The molecule has 1 aromatic carbocycles. The lowest BCUT2D eigenvalue weighted by atomic mass is 9.79. The molecule has 0 saturated carbocycles. The first-order chi connectivity index (χ1) is 10.5. The summed E-state index contributed by atoms with van der Waals surface area (Å²) in [6.07, 6.45) is 0. The Balaban J connectivity index is 2.13. The first kappa shape index (κ1) is 17.8. The van der Waals surface area contributed by atoms with E-state index >= 15 is 0 Å². The fraction of sp³-hybridized carbons (Fsp3) is 0.562. The van der Waals surface area contributed by atoms with E-state index in [4.69, 9.17) is 9.31 Å². The largest absolute Gasteiger partial charge is 0.494 e. The van der Waals surface area contributed by atoms with Crippen LogP contribution in [0.1, 0.15) is 41.5 Å². The van der Waals surface area contributed by atoms with Gasteiger partial charge in [-0.3, -0.25) is 0 Å². The van der Waals surface area contributed by atoms with Crippen molar-refractivity contribution >= 4 is 24.3 Å². The molecule has 0 radical (unpaired) electrons. The number of halogens is 1. The topological polar surface area (TPSA) is 59.6 Å². The van der Waals surface area contributed by atoms with Gasteiger partial charge in [0.2, 0.25) is 0 Å². The molecule has 0 unspecified atom stereocenters. The Bertz CT molecular complexity index is 589.